The Kier molecular flexibility index (Phi) is 6.12. The zero-order valence-electron chi connectivity index (χ0n) is 11.6. The monoisotopic (exact) mass is 256 g/mol. The van der Waals surface area contributed by atoms with Crippen molar-refractivity contribution in [1.82, 2.24) is 10.2 Å². The molecule has 1 aliphatic rings. The average Bonchev–Trinajstić information content (AvgIpc) is 2.32. The summed E-state index contributed by atoms with van der Waals surface area (Å²) in [6, 6.07) is -0.335. The Morgan fingerprint density at radius 2 is 2.11 bits per heavy atom. The van der Waals surface area contributed by atoms with Gasteiger partial charge in [0.2, 0.25) is 11.8 Å². The van der Waals surface area contributed by atoms with Gasteiger partial charge in [-0.05, 0) is 33.1 Å². The number of nitrogens with one attached hydrogen (secondary N) is 1. The van der Waals surface area contributed by atoms with Crippen molar-refractivity contribution in [3.63, 3.8) is 0 Å². The molecule has 2 amide bonds. The summed E-state index contributed by atoms with van der Waals surface area (Å²) in [7, 11) is 0. The van der Waals surface area contributed by atoms with Crippen LogP contribution < -0.4 is 5.32 Å². The van der Waals surface area contributed by atoms with Crippen LogP contribution in [0.1, 0.15) is 40.0 Å². The molecule has 0 aromatic heterocycles. The van der Waals surface area contributed by atoms with Crippen LogP contribution in [0.25, 0.3) is 0 Å². The third kappa shape index (κ3) is 4.64. The second-order valence-corrected chi connectivity index (χ2v) is 4.91. The predicted molar refractivity (Wildman–Crippen MR) is 69.1 cm³/mol. The van der Waals surface area contributed by atoms with E-state index in [-0.39, 0.29) is 30.5 Å². The number of nitrogens with zero attached hydrogens (tertiary/aromatic N) is 1. The molecule has 0 spiro atoms. The molecule has 0 radical (unpaired) electrons. The van der Waals surface area contributed by atoms with Crippen molar-refractivity contribution in [3.8, 4) is 0 Å². The lowest BCUT2D eigenvalue weighted by molar-refractivity contribution is -0.144. The van der Waals surface area contributed by atoms with Gasteiger partial charge in [0.1, 0.15) is 6.04 Å². The Hall–Kier alpha value is -1.10. The molecule has 1 atom stereocenters. The normalized spacial score (nSPS) is 20.4. The van der Waals surface area contributed by atoms with Gasteiger partial charge in [-0.3, -0.25) is 9.59 Å². The minimum absolute atomic E-state index is 0.0434. The molecule has 1 fully saturated rings. The van der Waals surface area contributed by atoms with E-state index in [9.17, 15) is 9.59 Å². The largest absolute Gasteiger partial charge is 0.379 e. The fourth-order valence-corrected chi connectivity index (χ4v) is 1.96. The van der Waals surface area contributed by atoms with Crippen molar-refractivity contribution in [2.45, 2.75) is 52.2 Å². The quantitative estimate of drug-likeness (QED) is 0.689. The van der Waals surface area contributed by atoms with Crippen molar-refractivity contribution >= 4 is 11.8 Å². The van der Waals surface area contributed by atoms with Crippen LogP contribution in [-0.2, 0) is 14.3 Å². The van der Waals surface area contributed by atoms with Crippen LogP contribution >= 0.6 is 0 Å². The van der Waals surface area contributed by atoms with Gasteiger partial charge in [0, 0.05) is 13.2 Å². The first kappa shape index (κ1) is 15.0. The Balaban J connectivity index is 2.27. The minimum Gasteiger partial charge on any atom is -0.379 e. The molecule has 0 saturated carbocycles. The van der Waals surface area contributed by atoms with E-state index in [0.29, 0.717) is 19.6 Å². The summed E-state index contributed by atoms with van der Waals surface area (Å²) in [6.45, 7) is 7.46. The van der Waals surface area contributed by atoms with Crippen LogP contribution in [0, 0.1) is 0 Å². The van der Waals surface area contributed by atoms with Gasteiger partial charge in [0.05, 0.1) is 12.6 Å². The number of hydrogen-bond acceptors (Lipinski definition) is 3. The van der Waals surface area contributed by atoms with Crippen molar-refractivity contribution in [3.05, 3.63) is 0 Å². The maximum atomic E-state index is 12.0. The van der Waals surface area contributed by atoms with Gasteiger partial charge in [-0.25, -0.2) is 0 Å². The van der Waals surface area contributed by atoms with Gasteiger partial charge < -0.3 is 15.0 Å². The number of carbonyl (C=O) groups excluding carboxylic acids is 2. The molecule has 1 saturated heterocycles. The first-order valence-corrected chi connectivity index (χ1v) is 6.74. The van der Waals surface area contributed by atoms with Crippen LogP contribution in [-0.4, -0.2) is 48.6 Å². The number of rotatable bonds is 7. The van der Waals surface area contributed by atoms with Gasteiger partial charge in [-0.15, -0.1) is 0 Å². The van der Waals surface area contributed by atoms with Crippen LogP contribution in [0.5, 0.6) is 0 Å². The number of amides is 2. The zero-order chi connectivity index (χ0) is 13.5. The van der Waals surface area contributed by atoms with E-state index < -0.39 is 0 Å². The van der Waals surface area contributed by atoms with Crippen LogP contribution in [0.2, 0.25) is 0 Å². The summed E-state index contributed by atoms with van der Waals surface area (Å²) in [5.74, 6) is -0.0123. The van der Waals surface area contributed by atoms with E-state index in [1.807, 2.05) is 20.8 Å². The van der Waals surface area contributed by atoms with Gasteiger partial charge in [-0.1, -0.05) is 6.92 Å². The summed E-state index contributed by atoms with van der Waals surface area (Å²) in [6.07, 6.45) is 2.69. The SMILES string of the molecule is CCC1NC(=O)CN(CCCCOC(C)C)C1=O. The van der Waals surface area contributed by atoms with E-state index >= 15 is 0 Å². The molecule has 0 aliphatic carbocycles. The number of hydrogen-bond donors (Lipinski definition) is 1. The topological polar surface area (TPSA) is 58.6 Å². The Labute approximate surface area is 109 Å². The second-order valence-electron chi connectivity index (χ2n) is 4.91. The molecule has 104 valence electrons. The summed E-state index contributed by atoms with van der Waals surface area (Å²) >= 11 is 0. The van der Waals surface area contributed by atoms with Crippen LogP contribution in [0.3, 0.4) is 0 Å². The molecule has 1 aliphatic heterocycles. The number of unbranched alkanes of at least 4 members (excludes halogenated alkanes) is 1. The molecule has 0 aromatic rings. The van der Waals surface area contributed by atoms with Crippen LogP contribution in [0.15, 0.2) is 0 Å². The Bertz CT molecular complexity index is 292. The van der Waals surface area contributed by atoms with Gasteiger partial charge in [0.25, 0.3) is 0 Å². The van der Waals surface area contributed by atoms with Gasteiger partial charge >= 0.3 is 0 Å². The Morgan fingerprint density at radius 3 is 2.72 bits per heavy atom. The molecule has 18 heavy (non-hydrogen) atoms. The lowest BCUT2D eigenvalue weighted by Crippen LogP contribution is -2.57. The third-order valence-electron chi connectivity index (χ3n) is 2.96. The highest BCUT2D eigenvalue weighted by molar-refractivity contribution is 5.94. The fourth-order valence-electron chi connectivity index (χ4n) is 1.96. The maximum absolute atomic E-state index is 12.0. The highest BCUT2D eigenvalue weighted by Gasteiger charge is 2.30. The van der Waals surface area contributed by atoms with E-state index in [1.54, 1.807) is 4.90 Å². The van der Waals surface area contributed by atoms with E-state index in [4.69, 9.17) is 4.74 Å². The minimum atomic E-state index is -0.335. The maximum Gasteiger partial charge on any atom is 0.245 e. The molecular weight excluding hydrogens is 232 g/mol. The van der Waals surface area contributed by atoms with Crippen molar-refractivity contribution in [2.75, 3.05) is 19.7 Å². The highest BCUT2D eigenvalue weighted by atomic mass is 16.5. The fraction of sp³-hybridized carbons (Fsp3) is 0.846. The third-order valence-corrected chi connectivity index (χ3v) is 2.96. The highest BCUT2D eigenvalue weighted by Crippen LogP contribution is 2.07. The smallest absolute Gasteiger partial charge is 0.245 e. The van der Waals surface area contributed by atoms with Crippen molar-refractivity contribution < 1.29 is 14.3 Å². The summed E-state index contributed by atoms with van der Waals surface area (Å²) in [5.41, 5.74) is 0. The average molecular weight is 256 g/mol. The van der Waals surface area contributed by atoms with E-state index in [0.717, 1.165) is 12.8 Å². The molecule has 5 heteroatoms. The summed E-state index contributed by atoms with van der Waals surface area (Å²) in [5, 5.41) is 2.71. The first-order valence-electron chi connectivity index (χ1n) is 6.74. The number of piperazine rings is 1. The molecular formula is C13H24N2O3. The summed E-state index contributed by atoms with van der Waals surface area (Å²) < 4.78 is 5.44. The molecule has 1 rings (SSSR count). The van der Waals surface area contributed by atoms with Crippen molar-refractivity contribution in [1.29, 1.82) is 0 Å². The molecule has 5 nitrogen and oxygen atoms in total. The molecule has 1 N–H and O–H groups in total. The molecule has 0 aromatic carbocycles. The van der Waals surface area contributed by atoms with Gasteiger partial charge in [0.15, 0.2) is 0 Å². The molecule has 0 bridgehead atoms. The van der Waals surface area contributed by atoms with Crippen molar-refractivity contribution in [2.24, 2.45) is 0 Å². The van der Waals surface area contributed by atoms with E-state index in [2.05, 4.69) is 5.32 Å². The van der Waals surface area contributed by atoms with Crippen LogP contribution in [0.4, 0.5) is 0 Å². The Morgan fingerprint density at radius 1 is 1.39 bits per heavy atom. The standard InChI is InChI=1S/C13H24N2O3/c1-4-11-13(17)15(9-12(16)14-11)7-5-6-8-18-10(2)3/h10-11H,4-9H2,1-3H3,(H,14,16). The predicted octanol–water partition coefficient (Wildman–Crippen LogP) is 0.929. The lowest BCUT2D eigenvalue weighted by Gasteiger charge is -2.32. The summed E-state index contributed by atoms with van der Waals surface area (Å²) in [4.78, 5) is 25.0. The lowest BCUT2D eigenvalue weighted by atomic mass is 10.1. The van der Waals surface area contributed by atoms with Gasteiger partial charge in [-0.2, -0.15) is 0 Å². The zero-order valence-corrected chi connectivity index (χ0v) is 11.6. The van der Waals surface area contributed by atoms with E-state index in [1.165, 1.54) is 0 Å². The number of ether oxygens (including phenoxy) is 1. The molecule has 1 heterocycles. The number of carbonyl (C=O) groups is 2. The molecule has 1 unspecified atom stereocenters. The second kappa shape index (κ2) is 7.36. The first-order chi connectivity index (χ1) is 8.54.